The maximum atomic E-state index is 13.6. The SMILES string of the molecule is CN(CCO)C(=O)Nc1ncc(Cc2ccc(F)cc2F)s1. The highest BCUT2D eigenvalue weighted by Crippen LogP contribution is 2.22. The minimum absolute atomic E-state index is 0.128. The minimum atomic E-state index is -0.620. The number of hydrogen-bond acceptors (Lipinski definition) is 4. The van der Waals surface area contributed by atoms with Gasteiger partial charge >= 0.3 is 6.03 Å². The number of aromatic nitrogens is 1. The normalized spacial score (nSPS) is 10.5. The summed E-state index contributed by atoms with van der Waals surface area (Å²) in [4.78, 5) is 17.8. The number of anilines is 1. The maximum absolute atomic E-state index is 13.6. The summed E-state index contributed by atoms with van der Waals surface area (Å²) < 4.78 is 26.4. The number of halogens is 2. The molecule has 8 heteroatoms. The summed E-state index contributed by atoms with van der Waals surface area (Å²) >= 11 is 1.21. The molecule has 0 bridgehead atoms. The first-order valence-electron chi connectivity index (χ1n) is 6.51. The molecule has 0 radical (unpaired) electrons. The minimum Gasteiger partial charge on any atom is -0.395 e. The second-order valence-corrected chi connectivity index (χ2v) is 5.73. The Hall–Kier alpha value is -2.06. The lowest BCUT2D eigenvalue weighted by molar-refractivity contribution is 0.202. The highest BCUT2D eigenvalue weighted by atomic mass is 32.1. The molecule has 2 rings (SSSR count). The fourth-order valence-corrected chi connectivity index (χ4v) is 2.56. The smallest absolute Gasteiger partial charge is 0.323 e. The average Bonchev–Trinajstić information content (AvgIpc) is 2.89. The quantitative estimate of drug-likeness (QED) is 0.887. The third kappa shape index (κ3) is 4.22. The van der Waals surface area contributed by atoms with E-state index in [1.54, 1.807) is 7.05 Å². The van der Waals surface area contributed by atoms with Crippen LogP contribution in [0.4, 0.5) is 18.7 Å². The lowest BCUT2D eigenvalue weighted by Crippen LogP contribution is -2.33. The first kappa shape index (κ1) is 16.3. The van der Waals surface area contributed by atoms with Crippen LogP contribution in [0, 0.1) is 11.6 Å². The van der Waals surface area contributed by atoms with Crippen LogP contribution >= 0.6 is 11.3 Å². The Kier molecular flexibility index (Phi) is 5.40. The van der Waals surface area contributed by atoms with Gasteiger partial charge in [-0.2, -0.15) is 0 Å². The number of likely N-dealkylation sites (N-methyl/N-ethyl adjacent to an activating group) is 1. The molecule has 2 amide bonds. The van der Waals surface area contributed by atoms with Crippen LogP contribution in [-0.2, 0) is 6.42 Å². The fraction of sp³-hybridized carbons (Fsp3) is 0.286. The number of carbonyl (C=O) groups is 1. The van der Waals surface area contributed by atoms with Crippen molar-refractivity contribution in [3.63, 3.8) is 0 Å². The lowest BCUT2D eigenvalue weighted by atomic mass is 10.1. The van der Waals surface area contributed by atoms with Crippen molar-refractivity contribution in [1.29, 1.82) is 0 Å². The molecule has 0 unspecified atom stereocenters. The van der Waals surface area contributed by atoms with Crippen LogP contribution in [0.1, 0.15) is 10.4 Å². The van der Waals surface area contributed by atoms with E-state index in [9.17, 15) is 13.6 Å². The lowest BCUT2D eigenvalue weighted by Gasteiger charge is -2.14. The van der Waals surface area contributed by atoms with E-state index in [1.807, 2.05) is 0 Å². The zero-order chi connectivity index (χ0) is 16.1. The predicted molar refractivity (Wildman–Crippen MR) is 80.0 cm³/mol. The monoisotopic (exact) mass is 327 g/mol. The first-order valence-corrected chi connectivity index (χ1v) is 7.33. The van der Waals surface area contributed by atoms with Crippen molar-refractivity contribution in [1.82, 2.24) is 9.88 Å². The van der Waals surface area contributed by atoms with Crippen LogP contribution in [0.5, 0.6) is 0 Å². The van der Waals surface area contributed by atoms with Crippen LogP contribution in [0.3, 0.4) is 0 Å². The summed E-state index contributed by atoms with van der Waals surface area (Å²) in [7, 11) is 1.55. The van der Waals surface area contributed by atoms with Gasteiger partial charge in [0, 0.05) is 37.2 Å². The van der Waals surface area contributed by atoms with Crippen molar-refractivity contribution < 1.29 is 18.7 Å². The summed E-state index contributed by atoms with van der Waals surface area (Å²) in [5.74, 6) is -1.23. The number of aliphatic hydroxyl groups is 1. The second-order valence-electron chi connectivity index (χ2n) is 4.62. The number of nitrogens with zero attached hydrogens (tertiary/aromatic N) is 2. The number of benzene rings is 1. The molecule has 1 aromatic carbocycles. The average molecular weight is 327 g/mol. The van der Waals surface area contributed by atoms with Gasteiger partial charge < -0.3 is 10.0 Å². The van der Waals surface area contributed by atoms with Gasteiger partial charge in [-0.25, -0.2) is 18.6 Å². The molecule has 0 aliphatic rings. The van der Waals surface area contributed by atoms with Gasteiger partial charge in [-0.05, 0) is 11.6 Å². The Bertz CT molecular complexity index is 663. The summed E-state index contributed by atoms with van der Waals surface area (Å²) in [6.07, 6.45) is 1.81. The number of aliphatic hydroxyl groups excluding tert-OH is 1. The molecule has 1 aromatic heterocycles. The zero-order valence-corrected chi connectivity index (χ0v) is 12.7. The molecule has 22 heavy (non-hydrogen) atoms. The molecule has 118 valence electrons. The summed E-state index contributed by atoms with van der Waals surface area (Å²) in [6, 6.07) is 3.04. The third-order valence-electron chi connectivity index (χ3n) is 2.93. The largest absolute Gasteiger partial charge is 0.395 e. The number of urea groups is 1. The van der Waals surface area contributed by atoms with Gasteiger partial charge in [-0.15, -0.1) is 11.3 Å². The summed E-state index contributed by atoms with van der Waals surface area (Å²) in [6.45, 7) is 0.0851. The Morgan fingerprint density at radius 3 is 2.91 bits per heavy atom. The summed E-state index contributed by atoms with van der Waals surface area (Å²) in [5, 5.41) is 11.7. The van der Waals surface area contributed by atoms with E-state index in [-0.39, 0.29) is 25.6 Å². The van der Waals surface area contributed by atoms with Gasteiger partial charge in [-0.1, -0.05) is 6.07 Å². The molecule has 0 saturated heterocycles. The van der Waals surface area contributed by atoms with E-state index in [0.717, 1.165) is 10.9 Å². The van der Waals surface area contributed by atoms with Crippen LogP contribution in [0.15, 0.2) is 24.4 Å². The number of amides is 2. The van der Waals surface area contributed by atoms with Crippen molar-refractivity contribution in [2.45, 2.75) is 6.42 Å². The van der Waals surface area contributed by atoms with E-state index in [0.29, 0.717) is 10.7 Å². The third-order valence-corrected chi connectivity index (χ3v) is 3.84. The van der Waals surface area contributed by atoms with E-state index in [1.165, 1.54) is 34.6 Å². The van der Waals surface area contributed by atoms with E-state index < -0.39 is 11.6 Å². The van der Waals surface area contributed by atoms with Gasteiger partial charge in [0.1, 0.15) is 11.6 Å². The van der Waals surface area contributed by atoms with E-state index in [4.69, 9.17) is 5.11 Å². The predicted octanol–water partition coefficient (Wildman–Crippen LogP) is 2.47. The molecule has 2 aromatic rings. The highest BCUT2D eigenvalue weighted by Gasteiger charge is 2.12. The second kappa shape index (κ2) is 7.28. The van der Waals surface area contributed by atoms with Gasteiger partial charge in [-0.3, -0.25) is 5.32 Å². The molecular weight excluding hydrogens is 312 g/mol. The Labute approximate surface area is 130 Å². The number of carbonyl (C=O) groups excluding carboxylic acids is 1. The van der Waals surface area contributed by atoms with Gasteiger partial charge in [0.15, 0.2) is 5.13 Å². The molecule has 1 heterocycles. The maximum Gasteiger partial charge on any atom is 0.323 e. The molecule has 2 N–H and O–H groups in total. The topological polar surface area (TPSA) is 65.5 Å². The molecule has 0 aliphatic heterocycles. The standard InChI is InChI=1S/C14H15F2N3O2S/c1-19(4-5-20)14(21)18-13-17-8-11(22-13)6-9-2-3-10(15)7-12(9)16/h2-3,7-8,20H,4-6H2,1H3,(H,17,18,21). The number of hydrogen-bond donors (Lipinski definition) is 2. The van der Waals surface area contributed by atoms with Crippen molar-refractivity contribution in [3.05, 3.63) is 46.5 Å². The Morgan fingerprint density at radius 1 is 1.45 bits per heavy atom. The summed E-state index contributed by atoms with van der Waals surface area (Å²) in [5.41, 5.74) is 0.361. The number of thiazole rings is 1. The van der Waals surface area contributed by atoms with Gasteiger partial charge in [0.25, 0.3) is 0 Å². The molecule has 0 fully saturated rings. The number of rotatable bonds is 5. The van der Waals surface area contributed by atoms with Crippen molar-refractivity contribution in [2.75, 3.05) is 25.5 Å². The van der Waals surface area contributed by atoms with Gasteiger partial charge in [0.2, 0.25) is 0 Å². The molecule has 0 spiro atoms. The van der Waals surface area contributed by atoms with Crippen molar-refractivity contribution >= 4 is 22.5 Å². The molecule has 0 saturated carbocycles. The van der Waals surface area contributed by atoms with Crippen LogP contribution in [0.25, 0.3) is 0 Å². The Morgan fingerprint density at radius 2 is 2.23 bits per heavy atom. The van der Waals surface area contributed by atoms with Crippen molar-refractivity contribution in [2.24, 2.45) is 0 Å². The molecule has 5 nitrogen and oxygen atoms in total. The van der Waals surface area contributed by atoms with E-state index in [2.05, 4.69) is 10.3 Å². The van der Waals surface area contributed by atoms with Crippen LogP contribution in [0.2, 0.25) is 0 Å². The van der Waals surface area contributed by atoms with Crippen LogP contribution in [-0.4, -0.2) is 41.2 Å². The molecular formula is C14H15F2N3O2S. The molecule has 0 atom stereocenters. The first-order chi connectivity index (χ1) is 10.5. The molecule has 0 aliphatic carbocycles. The Balaban J connectivity index is 2.01. The van der Waals surface area contributed by atoms with Crippen molar-refractivity contribution in [3.8, 4) is 0 Å². The highest BCUT2D eigenvalue weighted by molar-refractivity contribution is 7.15. The zero-order valence-electron chi connectivity index (χ0n) is 11.8. The number of nitrogens with one attached hydrogen (secondary N) is 1. The van der Waals surface area contributed by atoms with Gasteiger partial charge in [0.05, 0.1) is 6.61 Å². The fourth-order valence-electron chi connectivity index (χ4n) is 1.74. The van der Waals surface area contributed by atoms with Crippen LogP contribution < -0.4 is 5.32 Å². The van der Waals surface area contributed by atoms with E-state index >= 15 is 0 Å².